The summed E-state index contributed by atoms with van der Waals surface area (Å²) in [5, 5.41) is 4.15. The number of aryl methyl sites for hydroxylation is 1. The van der Waals surface area contributed by atoms with Crippen LogP contribution in [0, 0.1) is 6.92 Å². The Balaban J connectivity index is 0.00000336. The number of aromatic nitrogens is 3. The molecular weight excluding hydrogens is 504 g/mol. The summed E-state index contributed by atoms with van der Waals surface area (Å²) in [6, 6.07) is 25.0. The third kappa shape index (κ3) is 6.41. The molecule has 3 heterocycles. The Labute approximate surface area is 220 Å². The molecule has 0 unspecified atom stereocenters. The lowest BCUT2D eigenvalue weighted by molar-refractivity contribution is 0.294. The fraction of sp³-hybridized carbons (Fsp3) is 0.107. The van der Waals surface area contributed by atoms with Crippen molar-refractivity contribution in [3.63, 3.8) is 0 Å². The summed E-state index contributed by atoms with van der Waals surface area (Å²) in [6.07, 6.45) is 3.68. The van der Waals surface area contributed by atoms with E-state index in [1.165, 1.54) is 18.3 Å². The summed E-state index contributed by atoms with van der Waals surface area (Å²) in [5.41, 5.74) is 4.06. The minimum Gasteiger partial charge on any atom is -0.473 e. The molecule has 3 aromatic heterocycles. The van der Waals surface area contributed by atoms with Gasteiger partial charge in [0.1, 0.15) is 11.5 Å². The van der Waals surface area contributed by atoms with Crippen molar-refractivity contribution in [3.8, 4) is 23.1 Å². The first kappa shape index (κ1) is 26.5. The normalized spacial score (nSPS) is 11.0. The van der Waals surface area contributed by atoms with Gasteiger partial charge in [0.05, 0.1) is 11.3 Å². The van der Waals surface area contributed by atoms with Crippen molar-refractivity contribution in [1.29, 1.82) is 0 Å². The van der Waals surface area contributed by atoms with Crippen molar-refractivity contribution >= 4 is 10.1 Å². The number of hydrogen-bond acceptors (Lipinski definition) is 9. The third-order valence-corrected chi connectivity index (χ3v) is 6.75. The van der Waals surface area contributed by atoms with Crippen LogP contribution in [-0.4, -0.2) is 23.5 Å². The Kier molecular flexibility index (Phi) is 8.15. The predicted octanol–water partition coefficient (Wildman–Crippen LogP) is 5.54. The van der Waals surface area contributed by atoms with Gasteiger partial charge in [-0.15, -0.1) is 0 Å². The van der Waals surface area contributed by atoms with Crippen molar-refractivity contribution in [3.05, 3.63) is 120 Å². The van der Waals surface area contributed by atoms with Crippen LogP contribution in [0.4, 0.5) is 0 Å². The van der Waals surface area contributed by atoms with E-state index in [9.17, 15) is 8.42 Å². The number of pyridine rings is 2. The first-order valence-corrected chi connectivity index (χ1v) is 12.9. The van der Waals surface area contributed by atoms with E-state index >= 15 is 0 Å². The molecule has 2 aromatic carbocycles. The minimum absolute atomic E-state index is 0. The van der Waals surface area contributed by atoms with Gasteiger partial charge in [-0.05, 0) is 48.4 Å². The molecule has 5 rings (SSSR count). The van der Waals surface area contributed by atoms with E-state index in [1.807, 2.05) is 49.4 Å². The molecule has 0 radical (unpaired) electrons. The highest BCUT2D eigenvalue weighted by Gasteiger charge is 2.21. The van der Waals surface area contributed by atoms with Crippen LogP contribution in [0.25, 0.3) is 11.3 Å². The molecule has 0 spiro atoms. The van der Waals surface area contributed by atoms with E-state index in [-0.39, 0.29) is 16.9 Å². The zero-order valence-electron chi connectivity index (χ0n) is 20.7. The maximum absolute atomic E-state index is 12.8. The monoisotopic (exact) mass is 530 g/mol. The second kappa shape index (κ2) is 11.7. The highest BCUT2D eigenvalue weighted by Crippen LogP contribution is 2.31. The van der Waals surface area contributed by atoms with Crippen LogP contribution in [0.2, 0.25) is 0 Å². The van der Waals surface area contributed by atoms with E-state index in [0.717, 1.165) is 16.7 Å². The van der Waals surface area contributed by atoms with Crippen molar-refractivity contribution in [1.82, 2.24) is 21.3 Å². The third-order valence-electron chi connectivity index (χ3n) is 5.53. The summed E-state index contributed by atoms with van der Waals surface area (Å²) >= 11 is 0. The van der Waals surface area contributed by atoms with Gasteiger partial charge in [-0.2, -0.15) is 8.42 Å². The molecule has 0 atom stereocenters. The molecule has 0 aliphatic rings. The van der Waals surface area contributed by atoms with E-state index in [2.05, 4.69) is 15.1 Å². The van der Waals surface area contributed by atoms with Crippen molar-refractivity contribution in [2.24, 2.45) is 0 Å². The van der Waals surface area contributed by atoms with E-state index in [1.54, 1.807) is 36.5 Å². The van der Waals surface area contributed by atoms with Crippen LogP contribution in [0.1, 0.15) is 22.4 Å². The maximum atomic E-state index is 12.8. The number of rotatable bonds is 9. The molecule has 3 N–H and O–H groups in total. The van der Waals surface area contributed by atoms with Gasteiger partial charge >= 0.3 is 10.1 Å². The van der Waals surface area contributed by atoms with Gasteiger partial charge in [-0.1, -0.05) is 53.2 Å². The summed E-state index contributed by atoms with van der Waals surface area (Å²) in [7, 11) is -4.07. The molecule has 38 heavy (non-hydrogen) atoms. The molecule has 0 saturated carbocycles. The fourth-order valence-corrected chi connectivity index (χ4v) is 4.48. The molecule has 0 aliphatic heterocycles. The zero-order chi connectivity index (χ0) is 25.7. The number of ether oxygens (including phenoxy) is 1. The van der Waals surface area contributed by atoms with Crippen LogP contribution in [0.3, 0.4) is 0 Å². The van der Waals surface area contributed by atoms with Crippen molar-refractivity contribution < 1.29 is 21.9 Å². The van der Waals surface area contributed by atoms with E-state index < -0.39 is 10.1 Å². The van der Waals surface area contributed by atoms with Crippen LogP contribution in [-0.2, 0) is 23.1 Å². The van der Waals surface area contributed by atoms with Crippen molar-refractivity contribution in [2.75, 3.05) is 0 Å². The molecular formula is C28H26N4O5S. The maximum Gasteiger partial charge on any atom is 0.340 e. The molecule has 0 bridgehead atoms. The number of hydrogen-bond donors (Lipinski definition) is 1. The second-order valence-electron chi connectivity index (χ2n) is 8.34. The quantitative estimate of drug-likeness (QED) is 0.243. The van der Waals surface area contributed by atoms with Gasteiger partial charge in [0.25, 0.3) is 0 Å². The molecule has 0 saturated heterocycles. The van der Waals surface area contributed by atoms with Gasteiger partial charge in [0.2, 0.25) is 11.8 Å². The van der Waals surface area contributed by atoms with E-state index in [0.29, 0.717) is 35.9 Å². The average Bonchev–Trinajstić information content (AvgIpc) is 3.37. The first-order chi connectivity index (χ1) is 18.0. The Bertz CT molecular complexity index is 1590. The smallest absolute Gasteiger partial charge is 0.340 e. The summed E-state index contributed by atoms with van der Waals surface area (Å²) in [6.45, 7) is 2.29. The minimum atomic E-state index is -4.07. The topological polar surface area (TPSA) is 139 Å². The Morgan fingerprint density at radius 2 is 1.58 bits per heavy atom. The molecule has 0 fully saturated rings. The molecule has 194 valence electrons. The van der Waals surface area contributed by atoms with Gasteiger partial charge in [0.15, 0.2) is 5.76 Å². The Morgan fingerprint density at radius 1 is 0.842 bits per heavy atom. The highest BCUT2D eigenvalue weighted by atomic mass is 32.2. The van der Waals surface area contributed by atoms with Crippen molar-refractivity contribution in [2.45, 2.75) is 24.8 Å². The summed E-state index contributed by atoms with van der Waals surface area (Å²) < 4.78 is 42.1. The molecule has 5 aromatic rings. The SMILES string of the molecule is Cc1ccc(S(=O)(=O)Oc2ncccc2-c2cc(Cc3ccc(COc4ccccn4)cc3)no2)cc1.N. The van der Waals surface area contributed by atoms with Gasteiger partial charge < -0.3 is 19.6 Å². The van der Waals surface area contributed by atoms with Crippen LogP contribution in [0.5, 0.6) is 11.8 Å². The van der Waals surface area contributed by atoms with Crippen LogP contribution in [0.15, 0.2) is 107 Å². The van der Waals surface area contributed by atoms with Gasteiger partial charge in [-0.3, -0.25) is 0 Å². The number of nitrogens with zero attached hydrogens (tertiary/aromatic N) is 3. The second-order valence-corrected chi connectivity index (χ2v) is 9.89. The molecule has 9 nitrogen and oxygen atoms in total. The average molecular weight is 531 g/mol. The summed E-state index contributed by atoms with van der Waals surface area (Å²) in [4.78, 5) is 8.31. The first-order valence-electron chi connectivity index (χ1n) is 11.5. The largest absolute Gasteiger partial charge is 0.473 e. The number of benzene rings is 2. The predicted molar refractivity (Wildman–Crippen MR) is 142 cm³/mol. The van der Waals surface area contributed by atoms with E-state index in [4.69, 9.17) is 13.4 Å². The Hall–Kier alpha value is -4.54. The lowest BCUT2D eigenvalue weighted by Gasteiger charge is -2.08. The zero-order valence-corrected chi connectivity index (χ0v) is 21.5. The van der Waals surface area contributed by atoms with Crippen LogP contribution >= 0.6 is 0 Å². The van der Waals surface area contributed by atoms with Gasteiger partial charge in [-0.25, -0.2) is 9.97 Å². The molecule has 0 aliphatic carbocycles. The Morgan fingerprint density at radius 3 is 2.32 bits per heavy atom. The van der Waals surface area contributed by atoms with Gasteiger partial charge in [0, 0.05) is 30.9 Å². The summed E-state index contributed by atoms with van der Waals surface area (Å²) in [5.74, 6) is 0.854. The fourth-order valence-electron chi connectivity index (χ4n) is 3.58. The van der Waals surface area contributed by atoms with Crippen LogP contribution < -0.4 is 15.1 Å². The lowest BCUT2D eigenvalue weighted by Crippen LogP contribution is -2.11. The standard InChI is InChI=1S/C28H23N3O5S.H3N/c1-20-7-13-24(14-8-20)37(32,33)36-28-25(5-4-16-30-28)26-18-23(31-35-26)17-21-9-11-22(12-10-21)19-34-27-6-2-3-15-29-27;/h2-16,18H,17,19H2,1H3;1H3. The lowest BCUT2D eigenvalue weighted by atomic mass is 10.1. The molecule has 0 amide bonds. The highest BCUT2D eigenvalue weighted by molar-refractivity contribution is 7.87. The molecule has 10 heteroatoms.